The number of nitrogens with one attached hydrogen (secondary N) is 1. The first-order valence-electron chi connectivity index (χ1n) is 4.02. The molecule has 0 amide bonds. The normalized spacial score (nSPS) is 37.2. The lowest BCUT2D eigenvalue weighted by atomic mass is 9.95. The lowest BCUT2D eigenvalue weighted by Crippen LogP contribution is -2.50. The third-order valence-electron chi connectivity index (χ3n) is 2.15. The Labute approximate surface area is 70.3 Å². The zero-order chi connectivity index (χ0) is 9.14. The van der Waals surface area contributed by atoms with Gasteiger partial charge in [0.25, 0.3) is 0 Å². The second-order valence-electron chi connectivity index (χ2n) is 3.17. The quantitative estimate of drug-likeness (QED) is 0.650. The first-order valence-corrected chi connectivity index (χ1v) is 4.02. The molecule has 1 aliphatic rings. The van der Waals surface area contributed by atoms with Crippen LogP contribution in [-0.2, 0) is 4.74 Å². The molecule has 1 saturated heterocycles. The smallest absolute Gasteiger partial charge is 0.327 e. The molecule has 12 heavy (non-hydrogen) atoms. The standard InChI is InChI=1S/C7H14F2N2O/c1-4-3-11-6(2-5(4)10)12-7(8)9/h4-7,11H,2-3,10H2,1H3. The van der Waals surface area contributed by atoms with Gasteiger partial charge in [0, 0.05) is 19.0 Å². The Kier molecular flexibility index (Phi) is 3.37. The van der Waals surface area contributed by atoms with Crippen molar-refractivity contribution in [2.45, 2.75) is 32.2 Å². The van der Waals surface area contributed by atoms with Gasteiger partial charge in [-0.2, -0.15) is 8.78 Å². The molecule has 0 aromatic rings. The average molecular weight is 180 g/mol. The van der Waals surface area contributed by atoms with Crippen LogP contribution in [0.15, 0.2) is 0 Å². The topological polar surface area (TPSA) is 47.3 Å². The summed E-state index contributed by atoms with van der Waals surface area (Å²) in [6, 6.07) is -0.0463. The van der Waals surface area contributed by atoms with Crippen molar-refractivity contribution in [3.8, 4) is 0 Å². The number of piperidine rings is 1. The highest BCUT2D eigenvalue weighted by Gasteiger charge is 2.26. The summed E-state index contributed by atoms with van der Waals surface area (Å²) in [5, 5.41) is 2.85. The van der Waals surface area contributed by atoms with E-state index in [1.807, 2.05) is 6.92 Å². The van der Waals surface area contributed by atoms with Crippen LogP contribution >= 0.6 is 0 Å². The van der Waals surface area contributed by atoms with Gasteiger partial charge >= 0.3 is 6.61 Å². The molecule has 1 aliphatic heterocycles. The van der Waals surface area contributed by atoms with E-state index >= 15 is 0 Å². The summed E-state index contributed by atoms with van der Waals surface area (Å²) in [6.45, 7) is -0.0995. The van der Waals surface area contributed by atoms with Crippen LogP contribution in [0.3, 0.4) is 0 Å². The van der Waals surface area contributed by atoms with Crippen LogP contribution in [0.5, 0.6) is 0 Å². The summed E-state index contributed by atoms with van der Waals surface area (Å²) in [5.41, 5.74) is 5.68. The zero-order valence-corrected chi connectivity index (χ0v) is 6.97. The van der Waals surface area contributed by atoms with Gasteiger partial charge in [0.05, 0.1) is 0 Å². The molecule has 0 aliphatic carbocycles. The molecule has 1 rings (SSSR count). The highest BCUT2D eigenvalue weighted by molar-refractivity contribution is 4.80. The summed E-state index contributed by atoms with van der Waals surface area (Å²) in [6.07, 6.45) is -0.137. The maximum Gasteiger partial charge on any atom is 0.346 e. The average Bonchev–Trinajstić information content (AvgIpc) is 1.96. The molecule has 0 radical (unpaired) electrons. The number of hydrogen-bond donors (Lipinski definition) is 2. The minimum absolute atomic E-state index is 0.0463. The van der Waals surface area contributed by atoms with Crippen LogP contribution < -0.4 is 11.1 Å². The largest absolute Gasteiger partial charge is 0.346 e. The zero-order valence-electron chi connectivity index (χ0n) is 6.97. The van der Waals surface area contributed by atoms with E-state index in [9.17, 15) is 8.78 Å². The van der Waals surface area contributed by atoms with Gasteiger partial charge in [-0.25, -0.2) is 0 Å². The number of nitrogens with two attached hydrogens (primary N) is 1. The third kappa shape index (κ3) is 2.66. The van der Waals surface area contributed by atoms with E-state index in [0.29, 0.717) is 18.9 Å². The van der Waals surface area contributed by atoms with E-state index in [2.05, 4.69) is 10.1 Å². The number of ether oxygens (including phenoxy) is 1. The first kappa shape index (κ1) is 9.83. The van der Waals surface area contributed by atoms with Gasteiger partial charge in [-0.1, -0.05) is 6.92 Å². The molecule has 1 fully saturated rings. The summed E-state index contributed by atoms with van der Waals surface area (Å²) in [7, 11) is 0. The van der Waals surface area contributed by atoms with Crippen molar-refractivity contribution in [2.24, 2.45) is 11.7 Å². The summed E-state index contributed by atoms with van der Waals surface area (Å²) in [4.78, 5) is 0. The van der Waals surface area contributed by atoms with Gasteiger partial charge in [-0.15, -0.1) is 0 Å². The summed E-state index contributed by atoms with van der Waals surface area (Å²) >= 11 is 0. The van der Waals surface area contributed by atoms with Gasteiger partial charge in [-0.3, -0.25) is 5.32 Å². The summed E-state index contributed by atoms with van der Waals surface area (Å²) in [5.74, 6) is 0.322. The van der Waals surface area contributed by atoms with E-state index in [1.165, 1.54) is 0 Å². The van der Waals surface area contributed by atoms with Gasteiger partial charge in [0.2, 0.25) is 0 Å². The van der Waals surface area contributed by atoms with Crippen LogP contribution in [0, 0.1) is 5.92 Å². The minimum atomic E-state index is -2.72. The molecule has 0 bridgehead atoms. The van der Waals surface area contributed by atoms with Crippen molar-refractivity contribution in [3.63, 3.8) is 0 Å². The molecule has 3 atom stereocenters. The van der Waals surface area contributed by atoms with Gasteiger partial charge < -0.3 is 10.5 Å². The van der Waals surface area contributed by atoms with E-state index in [-0.39, 0.29) is 6.04 Å². The molecule has 0 aromatic carbocycles. The number of rotatable bonds is 2. The van der Waals surface area contributed by atoms with Crippen molar-refractivity contribution in [1.29, 1.82) is 0 Å². The Hall–Kier alpha value is -0.260. The Morgan fingerprint density at radius 2 is 2.25 bits per heavy atom. The Morgan fingerprint density at radius 1 is 1.58 bits per heavy atom. The van der Waals surface area contributed by atoms with Crippen LogP contribution in [0.2, 0.25) is 0 Å². The van der Waals surface area contributed by atoms with Crippen LogP contribution in [-0.4, -0.2) is 25.4 Å². The van der Waals surface area contributed by atoms with Crippen LogP contribution in [0.4, 0.5) is 8.78 Å². The molecule has 0 spiro atoms. The fourth-order valence-corrected chi connectivity index (χ4v) is 1.26. The maximum atomic E-state index is 11.7. The van der Waals surface area contributed by atoms with E-state index < -0.39 is 12.8 Å². The fourth-order valence-electron chi connectivity index (χ4n) is 1.26. The predicted molar refractivity (Wildman–Crippen MR) is 40.6 cm³/mol. The lowest BCUT2D eigenvalue weighted by Gasteiger charge is -2.32. The molecule has 3 unspecified atom stereocenters. The van der Waals surface area contributed by atoms with Crippen LogP contribution in [0.1, 0.15) is 13.3 Å². The van der Waals surface area contributed by atoms with E-state index in [4.69, 9.17) is 5.73 Å². The predicted octanol–water partition coefficient (Wildman–Crippen LogP) is 0.508. The molecular weight excluding hydrogens is 166 g/mol. The maximum absolute atomic E-state index is 11.7. The Balaban J connectivity index is 2.30. The van der Waals surface area contributed by atoms with Gasteiger partial charge in [-0.05, 0) is 5.92 Å². The molecular formula is C7H14F2N2O. The summed E-state index contributed by atoms with van der Waals surface area (Å²) < 4.78 is 27.8. The number of alkyl halides is 2. The van der Waals surface area contributed by atoms with E-state index in [0.717, 1.165) is 0 Å². The van der Waals surface area contributed by atoms with Crippen molar-refractivity contribution in [2.75, 3.05) is 6.54 Å². The van der Waals surface area contributed by atoms with Crippen molar-refractivity contribution < 1.29 is 13.5 Å². The molecule has 5 heteroatoms. The third-order valence-corrected chi connectivity index (χ3v) is 2.15. The number of hydrogen-bond acceptors (Lipinski definition) is 3. The first-order chi connectivity index (χ1) is 5.59. The van der Waals surface area contributed by atoms with E-state index in [1.54, 1.807) is 0 Å². The molecule has 0 saturated carbocycles. The van der Waals surface area contributed by atoms with Crippen molar-refractivity contribution in [1.82, 2.24) is 5.32 Å². The van der Waals surface area contributed by atoms with Crippen molar-refractivity contribution in [3.05, 3.63) is 0 Å². The fraction of sp³-hybridized carbons (Fsp3) is 1.00. The lowest BCUT2D eigenvalue weighted by molar-refractivity contribution is -0.179. The molecule has 1 heterocycles. The molecule has 3 N–H and O–H groups in total. The van der Waals surface area contributed by atoms with Gasteiger partial charge in [0.1, 0.15) is 6.23 Å². The number of halogens is 2. The molecule has 0 aromatic heterocycles. The highest BCUT2D eigenvalue weighted by Crippen LogP contribution is 2.15. The Morgan fingerprint density at radius 3 is 2.75 bits per heavy atom. The van der Waals surface area contributed by atoms with Crippen LogP contribution in [0.25, 0.3) is 0 Å². The minimum Gasteiger partial charge on any atom is -0.327 e. The van der Waals surface area contributed by atoms with Crippen molar-refractivity contribution >= 4 is 0 Å². The SMILES string of the molecule is CC1CNC(OC(F)F)CC1N. The second kappa shape index (κ2) is 4.11. The monoisotopic (exact) mass is 180 g/mol. The highest BCUT2D eigenvalue weighted by atomic mass is 19.3. The Bertz CT molecular complexity index is 145. The molecule has 72 valence electrons. The second-order valence-corrected chi connectivity index (χ2v) is 3.17. The van der Waals surface area contributed by atoms with Gasteiger partial charge in [0.15, 0.2) is 0 Å². The molecule has 3 nitrogen and oxygen atoms in total.